The van der Waals surface area contributed by atoms with E-state index in [1.807, 2.05) is 24.3 Å². The van der Waals surface area contributed by atoms with Gasteiger partial charge in [0.1, 0.15) is 18.7 Å². The fraction of sp³-hybridized carbons (Fsp3) is 0.308. The normalized spacial score (nSPS) is 12.1. The summed E-state index contributed by atoms with van der Waals surface area (Å²) in [4.78, 5) is 15.7. The van der Waals surface area contributed by atoms with Gasteiger partial charge < -0.3 is 11.1 Å². The summed E-state index contributed by atoms with van der Waals surface area (Å²) in [5.74, 6) is -0.0894. The van der Waals surface area contributed by atoms with Crippen molar-refractivity contribution >= 4 is 5.91 Å². The van der Waals surface area contributed by atoms with Crippen molar-refractivity contribution in [3.8, 4) is 0 Å². The largest absolute Gasteiger partial charge is 0.350 e. The lowest BCUT2D eigenvalue weighted by atomic mass is 10.1. The van der Waals surface area contributed by atoms with Crippen LogP contribution < -0.4 is 11.1 Å². The van der Waals surface area contributed by atoms with E-state index >= 15 is 0 Å². The van der Waals surface area contributed by atoms with Gasteiger partial charge in [-0.2, -0.15) is 5.10 Å². The summed E-state index contributed by atoms with van der Waals surface area (Å²) in [7, 11) is 0. The number of hydrogen-bond donors (Lipinski definition) is 2. The first-order valence-corrected chi connectivity index (χ1v) is 6.10. The second-order valence-electron chi connectivity index (χ2n) is 4.29. The molecule has 19 heavy (non-hydrogen) atoms. The molecule has 0 saturated heterocycles. The van der Waals surface area contributed by atoms with Crippen molar-refractivity contribution in [1.82, 2.24) is 20.1 Å². The second-order valence-corrected chi connectivity index (χ2v) is 4.29. The van der Waals surface area contributed by atoms with Gasteiger partial charge >= 0.3 is 0 Å². The summed E-state index contributed by atoms with van der Waals surface area (Å²) in [6.07, 6.45) is 2.94. The van der Waals surface area contributed by atoms with Gasteiger partial charge in [-0.3, -0.25) is 4.79 Å². The molecule has 1 heterocycles. The van der Waals surface area contributed by atoms with E-state index < -0.39 is 0 Å². The van der Waals surface area contributed by atoms with E-state index in [1.165, 1.54) is 17.3 Å². The molecule has 0 spiro atoms. The molecule has 1 amide bonds. The van der Waals surface area contributed by atoms with Gasteiger partial charge in [-0.05, 0) is 18.1 Å². The molecular weight excluding hydrogens is 242 g/mol. The van der Waals surface area contributed by atoms with E-state index in [2.05, 4.69) is 15.4 Å². The number of nitrogens with two attached hydrogens (primary N) is 1. The van der Waals surface area contributed by atoms with E-state index in [4.69, 9.17) is 5.73 Å². The van der Waals surface area contributed by atoms with Gasteiger partial charge in [0.05, 0.1) is 0 Å². The highest BCUT2D eigenvalue weighted by molar-refractivity contribution is 5.79. The Bertz CT molecular complexity index is 520. The molecule has 2 rings (SSSR count). The molecule has 0 fully saturated rings. The zero-order valence-electron chi connectivity index (χ0n) is 10.8. The van der Waals surface area contributed by atoms with Crippen molar-refractivity contribution in [2.45, 2.75) is 26.1 Å². The molecule has 0 aliphatic carbocycles. The van der Waals surface area contributed by atoms with Crippen LogP contribution in [0, 0.1) is 0 Å². The standard InChI is InChI=1S/C13H17N5O/c1-10(18-9-15-8-17-18)13(19)16-7-12-4-2-11(6-14)3-5-12/h2-5,8-10H,6-7,14H2,1H3,(H,16,19). The van der Waals surface area contributed by atoms with Crippen LogP contribution in [-0.4, -0.2) is 20.7 Å². The van der Waals surface area contributed by atoms with Crippen LogP contribution in [0.5, 0.6) is 0 Å². The Morgan fingerprint density at radius 3 is 2.63 bits per heavy atom. The number of nitrogens with zero attached hydrogens (tertiary/aromatic N) is 3. The lowest BCUT2D eigenvalue weighted by Gasteiger charge is -2.12. The average molecular weight is 259 g/mol. The van der Waals surface area contributed by atoms with Gasteiger partial charge in [0.25, 0.3) is 0 Å². The minimum atomic E-state index is -0.370. The van der Waals surface area contributed by atoms with E-state index in [0.29, 0.717) is 13.1 Å². The third kappa shape index (κ3) is 3.38. The molecule has 6 heteroatoms. The number of carbonyl (C=O) groups is 1. The van der Waals surface area contributed by atoms with E-state index in [9.17, 15) is 4.79 Å². The van der Waals surface area contributed by atoms with Crippen molar-refractivity contribution in [1.29, 1.82) is 0 Å². The Morgan fingerprint density at radius 1 is 1.37 bits per heavy atom. The lowest BCUT2D eigenvalue weighted by Crippen LogP contribution is -2.30. The SMILES string of the molecule is CC(C(=O)NCc1ccc(CN)cc1)n1cncn1. The summed E-state index contributed by atoms with van der Waals surface area (Å²) in [6.45, 7) is 2.79. The minimum Gasteiger partial charge on any atom is -0.350 e. The van der Waals surface area contributed by atoms with Gasteiger partial charge in [0, 0.05) is 13.1 Å². The molecule has 3 N–H and O–H groups in total. The van der Waals surface area contributed by atoms with Crippen molar-refractivity contribution in [2.75, 3.05) is 0 Å². The maximum atomic E-state index is 11.9. The van der Waals surface area contributed by atoms with Gasteiger partial charge in [-0.25, -0.2) is 9.67 Å². The predicted molar refractivity (Wildman–Crippen MR) is 70.9 cm³/mol. The fourth-order valence-electron chi connectivity index (χ4n) is 1.67. The molecule has 6 nitrogen and oxygen atoms in total. The maximum Gasteiger partial charge on any atom is 0.244 e. The molecule has 0 aliphatic heterocycles. The fourth-order valence-corrected chi connectivity index (χ4v) is 1.67. The number of carbonyl (C=O) groups excluding carboxylic acids is 1. The number of hydrogen-bond acceptors (Lipinski definition) is 4. The van der Waals surface area contributed by atoms with Crippen LogP contribution in [0.1, 0.15) is 24.1 Å². The number of rotatable bonds is 5. The van der Waals surface area contributed by atoms with Crippen LogP contribution in [-0.2, 0) is 17.9 Å². The number of aromatic nitrogens is 3. The van der Waals surface area contributed by atoms with Crippen LogP contribution in [0.2, 0.25) is 0 Å². The Labute approximate surface area is 111 Å². The van der Waals surface area contributed by atoms with Crippen molar-refractivity contribution < 1.29 is 4.79 Å². The van der Waals surface area contributed by atoms with Gasteiger partial charge in [-0.1, -0.05) is 24.3 Å². The molecule has 1 atom stereocenters. The van der Waals surface area contributed by atoms with Crippen molar-refractivity contribution in [3.05, 3.63) is 48.0 Å². The maximum absolute atomic E-state index is 11.9. The number of benzene rings is 1. The molecule has 100 valence electrons. The first-order chi connectivity index (χ1) is 9.20. The molecule has 2 aromatic rings. The molecule has 0 radical (unpaired) electrons. The summed E-state index contributed by atoms with van der Waals surface area (Å²) < 4.78 is 1.52. The molecular formula is C13H17N5O. The molecule has 1 aromatic carbocycles. The van der Waals surface area contributed by atoms with E-state index in [-0.39, 0.29) is 11.9 Å². The quantitative estimate of drug-likeness (QED) is 0.824. The average Bonchev–Trinajstić information content (AvgIpc) is 2.98. The predicted octanol–water partition coefficient (Wildman–Crippen LogP) is 0.614. The minimum absolute atomic E-state index is 0.0894. The summed E-state index contributed by atoms with van der Waals surface area (Å²) in [5, 5.41) is 6.81. The highest BCUT2D eigenvalue weighted by atomic mass is 16.2. The summed E-state index contributed by atoms with van der Waals surface area (Å²) in [5.41, 5.74) is 7.64. The Kier molecular flexibility index (Phi) is 4.25. The highest BCUT2D eigenvalue weighted by Crippen LogP contribution is 2.05. The first-order valence-electron chi connectivity index (χ1n) is 6.10. The first kappa shape index (κ1) is 13.2. The zero-order chi connectivity index (χ0) is 13.7. The van der Waals surface area contributed by atoms with E-state index in [0.717, 1.165) is 11.1 Å². The number of amides is 1. The van der Waals surface area contributed by atoms with Crippen LogP contribution in [0.15, 0.2) is 36.9 Å². The van der Waals surface area contributed by atoms with Crippen molar-refractivity contribution in [3.63, 3.8) is 0 Å². The molecule has 1 unspecified atom stereocenters. The molecule has 1 aromatic heterocycles. The van der Waals surface area contributed by atoms with Gasteiger partial charge in [0.15, 0.2) is 0 Å². The Balaban J connectivity index is 1.89. The Hall–Kier alpha value is -2.21. The van der Waals surface area contributed by atoms with Crippen LogP contribution in [0.4, 0.5) is 0 Å². The smallest absolute Gasteiger partial charge is 0.244 e. The monoisotopic (exact) mass is 259 g/mol. The Morgan fingerprint density at radius 2 is 2.05 bits per heavy atom. The third-order valence-electron chi connectivity index (χ3n) is 2.94. The highest BCUT2D eigenvalue weighted by Gasteiger charge is 2.14. The summed E-state index contributed by atoms with van der Waals surface area (Å²) >= 11 is 0. The topological polar surface area (TPSA) is 85.8 Å². The second kappa shape index (κ2) is 6.10. The van der Waals surface area contributed by atoms with Crippen molar-refractivity contribution in [2.24, 2.45) is 5.73 Å². The van der Waals surface area contributed by atoms with Gasteiger partial charge in [-0.15, -0.1) is 0 Å². The number of nitrogens with one attached hydrogen (secondary N) is 1. The zero-order valence-corrected chi connectivity index (χ0v) is 10.8. The van der Waals surface area contributed by atoms with Crippen LogP contribution >= 0.6 is 0 Å². The summed E-state index contributed by atoms with van der Waals surface area (Å²) in [6, 6.07) is 7.47. The molecule has 0 bridgehead atoms. The van der Waals surface area contributed by atoms with Crippen LogP contribution in [0.3, 0.4) is 0 Å². The molecule has 0 saturated carbocycles. The molecule has 0 aliphatic rings. The lowest BCUT2D eigenvalue weighted by molar-refractivity contribution is -0.124. The van der Waals surface area contributed by atoms with Gasteiger partial charge in [0.2, 0.25) is 5.91 Å². The van der Waals surface area contributed by atoms with Crippen LogP contribution in [0.25, 0.3) is 0 Å². The third-order valence-corrected chi connectivity index (χ3v) is 2.94. The van der Waals surface area contributed by atoms with E-state index in [1.54, 1.807) is 6.92 Å².